The van der Waals surface area contributed by atoms with E-state index in [9.17, 15) is 4.79 Å². The molecule has 2 rings (SSSR count). The summed E-state index contributed by atoms with van der Waals surface area (Å²) in [6, 6.07) is 7.80. The monoisotopic (exact) mass is 265 g/mol. The van der Waals surface area contributed by atoms with Crippen molar-refractivity contribution in [1.82, 2.24) is 5.32 Å². The van der Waals surface area contributed by atoms with Gasteiger partial charge >= 0.3 is 0 Å². The molecule has 1 N–H and O–H groups in total. The molecule has 0 atom stereocenters. The smallest absolute Gasteiger partial charge is 0.223 e. The first kappa shape index (κ1) is 13.4. The molecule has 2 nitrogen and oxygen atoms in total. The molecule has 0 radical (unpaired) electrons. The van der Waals surface area contributed by atoms with E-state index in [1.165, 1.54) is 24.8 Å². The molecule has 0 bridgehead atoms. The van der Waals surface area contributed by atoms with Crippen LogP contribution in [-0.2, 0) is 11.2 Å². The van der Waals surface area contributed by atoms with Gasteiger partial charge in [-0.1, -0.05) is 43.0 Å². The number of rotatable bonds is 4. The lowest BCUT2D eigenvalue weighted by molar-refractivity contribution is -0.125. The average Bonchev–Trinajstić information content (AvgIpc) is 2.42. The molecule has 18 heavy (non-hydrogen) atoms. The summed E-state index contributed by atoms with van der Waals surface area (Å²) in [5, 5.41) is 3.80. The zero-order valence-corrected chi connectivity index (χ0v) is 11.4. The topological polar surface area (TPSA) is 29.1 Å². The van der Waals surface area contributed by atoms with Crippen LogP contribution in [0.4, 0.5) is 0 Å². The highest BCUT2D eigenvalue weighted by Crippen LogP contribution is 2.23. The second-order valence-corrected chi connectivity index (χ2v) is 5.44. The van der Waals surface area contributed by atoms with Crippen LogP contribution in [0.1, 0.15) is 37.7 Å². The van der Waals surface area contributed by atoms with Crippen molar-refractivity contribution in [3.05, 3.63) is 34.9 Å². The molecule has 0 aliphatic heterocycles. The van der Waals surface area contributed by atoms with Crippen molar-refractivity contribution in [3.63, 3.8) is 0 Å². The van der Waals surface area contributed by atoms with Gasteiger partial charge in [-0.25, -0.2) is 0 Å². The molecular formula is C15H20ClNO. The third-order valence-electron chi connectivity index (χ3n) is 3.60. The van der Waals surface area contributed by atoms with Gasteiger partial charge < -0.3 is 5.32 Å². The summed E-state index contributed by atoms with van der Waals surface area (Å²) in [6.07, 6.45) is 6.69. The molecule has 1 aromatic rings. The van der Waals surface area contributed by atoms with Crippen LogP contribution < -0.4 is 5.32 Å². The third kappa shape index (κ3) is 4.02. The molecule has 1 aliphatic carbocycles. The Bertz CT molecular complexity index is 382. The summed E-state index contributed by atoms with van der Waals surface area (Å²) in [5.41, 5.74) is 1.21. The van der Waals surface area contributed by atoms with Crippen LogP contribution >= 0.6 is 11.6 Å². The van der Waals surface area contributed by atoms with Crippen LogP contribution in [0, 0.1) is 5.92 Å². The summed E-state index contributed by atoms with van der Waals surface area (Å²) < 4.78 is 0. The molecule has 0 unspecified atom stereocenters. The van der Waals surface area contributed by atoms with Gasteiger partial charge in [-0.3, -0.25) is 4.79 Å². The first-order chi connectivity index (χ1) is 8.75. The van der Waals surface area contributed by atoms with Gasteiger partial charge in [0.05, 0.1) is 0 Å². The van der Waals surface area contributed by atoms with E-state index < -0.39 is 0 Å². The lowest BCUT2D eigenvalue weighted by Crippen LogP contribution is -2.33. The number of amides is 1. The van der Waals surface area contributed by atoms with Crippen molar-refractivity contribution in [2.24, 2.45) is 5.92 Å². The van der Waals surface area contributed by atoms with E-state index in [0.29, 0.717) is 0 Å². The number of carbonyl (C=O) groups is 1. The first-order valence-corrected chi connectivity index (χ1v) is 7.15. The summed E-state index contributed by atoms with van der Waals surface area (Å²) in [4.78, 5) is 11.9. The minimum absolute atomic E-state index is 0.240. The Balaban J connectivity index is 1.71. The van der Waals surface area contributed by atoms with Gasteiger partial charge in [-0.15, -0.1) is 0 Å². The van der Waals surface area contributed by atoms with Gasteiger partial charge in [-0.05, 0) is 37.0 Å². The maximum atomic E-state index is 11.9. The Morgan fingerprint density at radius 3 is 2.50 bits per heavy atom. The van der Waals surface area contributed by atoms with Crippen molar-refractivity contribution in [2.75, 3.05) is 6.54 Å². The fraction of sp³-hybridized carbons (Fsp3) is 0.533. The average molecular weight is 266 g/mol. The van der Waals surface area contributed by atoms with E-state index in [1.807, 2.05) is 24.3 Å². The van der Waals surface area contributed by atoms with Gasteiger partial charge in [0.2, 0.25) is 5.91 Å². The minimum Gasteiger partial charge on any atom is -0.356 e. The number of carbonyl (C=O) groups excluding carboxylic acids is 1. The van der Waals surface area contributed by atoms with Crippen molar-refractivity contribution < 1.29 is 4.79 Å². The molecule has 3 heteroatoms. The van der Waals surface area contributed by atoms with E-state index in [2.05, 4.69) is 5.32 Å². The van der Waals surface area contributed by atoms with Crippen molar-refractivity contribution in [1.29, 1.82) is 0 Å². The van der Waals surface area contributed by atoms with Crippen LogP contribution in [0.3, 0.4) is 0 Å². The van der Waals surface area contributed by atoms with E-state index >= 15 is 0 Å². The SMILES string of the molecule is O=C(NCCc1ccc(Cl)cc1)C1CCCCC1. The van der Waals surface area contributed by atoms with Gasteiger partial charge in [0.25, 0.3) is 0 Å². The predicted octanol–water partition coefficient (Wildman–Crippen LogP) is 3.58. The van der Waals surface area contributed by atoms with Crippen LogP contribution in [0.2, 0.25) is 5.02 Å². The molecule has 0 aromatic heterocycles. The molecule has 0 heterocycles. The summed E-state index contributed by atoms with van der Waals surface area (Å²) >= 11 is 5.83. The minimum atomic E-state index is 0.240. The van der Waals surface area contributed by atoms with Gasteiger partial charge in [0.1, 0.15) is 0 Å². The molecule has 1 aliphatic rings. The second-order valence-electron chi connectivity index (χ2n) is 5.00. The Kier molecular flexibility index (Phi) is 5.06. The predicted molar refractivity (Wildman–Crippen MR) is 74.7 cm³/mol. The highest BCUT2D eigenvalue weighted by molar-refractivity contribution is 6.30. The largest absolute Gasteiger partial charge is 0.356 e. The maximum absolute atomic E-state index is 11.9. The molecule has 0 saturated heterocycles. The Morgan fingerprint density at radius 1 is 1.17 bits per heavy atom. The van der Waals surface area contributed by atoms with Crippen molar-refractivity contribution in [3.8, 4) is 0 Å². The Morgan fingerprint density at radius 2 is 1.83 bits per heavy atom. The number of benzene rings is 1. The summed E-state index contributed by atoms with van der Waals surface area (Å²) in [6.45, 7) is 0.719. The van der Waals surface area contributed by atoms with Crippen molar-refractivity contribution in [2.45, 2.75) is 38.5 Å². The number of hydrogen-bond acceptors (Lipinski definition) is 1. The zero-order valence-electron chi connectivity index (χ0n) is 10.6. The number of hydrogen-bond donors (Lipinski definition) is 1. The second kappa shape index (κ2) is 6.79. The third-order valence-corrected chi connectivity index (χ3v) is 3.85. The Labute approximate surface area is 114 Å². The zero-order chi connectivity index (χ0) is 12.8. The molecule has 1 amide bonds. The van der Waals surface area contributed by atoms with Crippen molar-refractivity contribution >= 4 is 17.5 Å². The number of halogens is 1. The lowest BCUT2D eigenvalue weighted by atomic mass is 9.88. The van der Waals surface area contributed by atoms with Gasteiger partial charge in [0.15, 0.2) is 0 Å². The molecule has 98 valence electrons. The maximum Gasteiger partial charge on any atom is 0.223 e. The Hall–Kier alpha value is -1.02. The molecule has 0 spiro atoms. The van der Waals surface area contributed by atoms with Gasteiger partial charge in [0, 0.05) is 17.5 Å². The van der Waals surface area contributed by atoms with E-state index in [4.69, 9.17) is 11.6 Å². The summed E-state index contributed by atoms with van der Waals surface area (Å²) in [5.74, 6) is 0.493. The van der Waals surface area contributed by atoms with Crippen LogP contribution in [0.15, 0.2) is 24.3 Å². The van der Waals surface area contributed by atoms with Crippen LogP contribution in [0.25, 0.3) is 0 Å². The van der Waals surface area contributed by atoms with E-state index in [1.54, 1.807) is 0 Å². The molecule has 1 saturated carbocycles. The van der Waals surface area contributed by atoms with Crippen LogP contribution in [0.5, 0.6) is 0 Å². The molecule has 1 aromatic carbocycles. The lowest BCUT2D eigenvalue weighted by Gasteiger charge is -2.20. The quantitative estimate of drug-likeness (QED) is 0.886. The van der Waals surface area contributed by atoms with Crippen LogP contribution in [-0.4, -0.2) is 12.5 Å². The van der Waals surface area contributed by atoms with Gasteiger partial charge in [-0.2, -0.15) is 0 Å². The highest BCUT2D eigenvalue weighted by Gasteiger charge is 2.20. The first-order valence-electron chi connectivity index (χ1n) is 6.78. The summed E-state index contributed by atoms with van der Waals surface area (Å²) in [7, 11) is 0. The van der Waals surface area contributed by atoms with E-state index in [0.717, 1.165) is 30.8 Å². The fourth-order valence-corrected chi connectivity index (χ4v) is 2.62. The normalized spacial score (nSPS) is 16.5. The molecular weight excluding hydrogens is 246 g/mol. The molecule has 1 fully saturated rings. The number of nitrogens with one attached hydrogen (secondary N) is 1. The standard InChI is InChI=1S/C15H20ClNO/c16-14-8-6-12(7-9-14)10-11-17-15(18)13-4-2-1-3-5-13/h6-9,13H,1-5,10-11H2,(H,17,18). The highest BCUT2D eigenvalue weighted by atomic mass is 35.5. The fourth-order valence-electron chi connectivity index (χ4n) is 2.49. The van der Waals surface area contributed by atoms with E-state index in [-0.39, 0.29) is 11.8 Å².